The standard InChI is InChI=1S/C36H21Cl2F11N2O7/c1-57-18-5-11(6-19(58-2)28(18)52)21-15-3-4-16-20(30(54)50(29(16)53)14-8-12(35(44,45)46)7-13(9-14)36(47,48)49)17(15)10-33(37)31(55)51(32(56)34(21,33)38)27-25(42)23(40)22(39)24(41)26(27)43/h3,5-9,16-17,20-21,52H,4,10H2,1-2H3/t16-,17+,20-,21-,33+,34-/m0/s1. The van der Waals surface area contributed by atoms with Crippen molar-refractivity contribution in [2.24, 2.45) is 17.8 Å². The number of fused-ring (bicyclic) bond motifs is 4. The Balaban J connectivity index is 1.45. The number of amides is 4. The smallest absolute Gasteiger partial charge is 0.416 e. The average Bonchev–Trinajstić information content (AvgIpc) is 3.50. The van der Waals surface area contributed by atoms with Crippen molar-refractivity contribution >= 4 is 58.2 Å². The fourth-order valence-electron chi connectivity index (χ4n) is 8.34. The van der Waals surface area contributed by atoms with Crippen LogP contribution in [0, 0.1) is 46.8 Å². The van der Waals surface area contributed by atoms with Crippen LogP contribution in [0.1, 0.15) is 35.4 Å². The molecule has 2 aliphatic carbocycles. The number of phenols is 1. The Morgan fingerprint density at radius 1 is 0.707 bits per heavy atom. The van der Waals surface area contributed by atoms with Gasteiger partial charge in [-0.25, -0.2) is 31.8 Å². The molecule has 9 nitrogen and oxygen atoms in total. The molecule has 6 atom stereocenters. The third-order valence-electron chi connectivity index (χ3n) is 10.9. The Bertz CT molecular complexity index is 2320. The highest BCUT2D eigenvalue weighted by Crippen LogP contribution is 2.67. The van der Waals surface area contributed by atoms with Crippen LogP contribution in [-0.2, 0) is 31.5 Å². The molecule has 2 aliphatic heterocycles. The van der Waals surface area contributed by atoms with Crippen LogP contribution in [0.3, 0.4) is 0 Å². The molecule has 58 heavy (non-hydrogen) atoms. The zero-order valence-electron chi connectivity index (χ0n) is 28.9. The Morgan fingerprint density at radius 3 is 1.69 bits per heavy atom. The first-order chi connectivity index (χ1) is 26.9. The lowest BCUT2D eigenvalue weighted by Gasteiger charge is -2.50. The summed E-state index contributed by atoms with van der Waals surface area (Å²) in [6, 6.07) is 2.12. The summed E-state index contributed by atoms with van der Waals surface area (Å²) >= 11 is 14.1. The predicted octanol–water partition coefficient (Wildman–Crippen LogP) is 7.91. The van der Waals surface area contributed by atoms with Gasteiger partial charge >= 0.3 is 12.4 Å². The molecular formula is C36H21Cl2F11N2O7. The topological polar surface area (TPSA) is 113 Å². The summed E-state index contributed by atoms with van der Waals surface area (Å²) in [5.74, 6) is -27.7. The summed E-state index contributed by atoms with van der Waals surface area (Å²) in [5, 5.41) is 10.7. The molecular weight excluding hydrogens is 852 g/mol. The quantitative estimate of drug-likeness (QED) is 0.0693. The van der Waals surface area contributed by atoms with Crippen LogP contribution in [0.4, 0.5) is 59.7 Å². The second-order valence-electron chi connectivity index (χ2n) is 13.7. The van der Waals surface area contributed by atoms with Crippen molar-refractivity contribution in [3.8, 4) is 17.2 Å². The van der Waals surface area contributed by atoms with Gasteiger partial charge in [0.2, 0.25) is 23.4 Å². The Hall–Kier alpha value is -5.11. The lowest BCUT2D eigenvalue weighted by molar-refractivity contribution is -0.143. The first kappa shape index (κ1) is 41.1. The number of ether oxygens (including phenoxy) is 2. The van der Waals surface area contributed by atoms with E-state index in [2.05, 4.69) is 0 Å². The number of aromatic hydroxyl groups is 1. The zero-order chi connectivity index (χ0) is 42.9. The normalized spacial score (nSPS) is 27.1. The maximum atomic E-state index is 15.3. The van der Waals surface area contributed by atoms with E-state index in [0.717, 1.165) is 26.4 Å². The van der Waals surface area contributed by atoms with Crippen LogP contribution >= 0.6 is 23.2 Å². The molecule has 4 aliphatic rings. The van der Waals surface area contributed by atoms with E-state index in [1.165, 1.54) is 6.08 Å². The van der Waals surface area contributed by atoms with E-state index < -0.39 is 144 Å². The molecule has 3 aromatic carbocycles. The van der Waals surface area contributed by atoms with E-state index in [0.29, 0.717) is 0 Å². The van der Waals surface area contributed by atoms with Gasteiger partial charge in [0, 0.05) is 5.92 Å². The van der Waals surface area contributed by atoms with Crippen LogP contribution < -0.4 is 19.3 Å². The van der Waals surface area contributed by atoms with Gasteiger partial charge in [0.05, 0.1) is 42.9 Å². The number of hydrogen-bond donors (Lipinski definition) is 1. The zero-order valence-corrected chi connectivity index (χ0v) is 30.4. The van der Waals surface area contributed by atoms with Gasteiger partial charge in [0.25, 0.3) is 11.8 Å². The minimum absolute atomic E-state index is 0.102. The van der Waals surface area contributed by atoms with Crippen molar-refractivity contribution in [1.82, 2.24) is 0 Å². The van der Waals surface area contributed by atoms with Gasteiger partial charge in [-0.3, -0.25) is 19.2 Å². The fraction of sp³-hybridized carbons (Fsp3) is 0.333. The van der Waals surface area contributed by atoms with E-state index in [4.69, 9.17) is 32.7 Å². The first-order valence-corrected chi connectivity index (χ1v) is 17.2. The van der Waals surface area contributed by atoms with Crippen LogP contribution in [0.15, 0.2) is 42.0 Å². The first-order valence-electron chi connectivity index (χ1n) is 16.5. The van der Waals surface area contributed by atoms with Crippen LogP contribution in [0.2, 0.25) is 0 Å². The van der Waals surface area contributed by atoms with Gasteiger partial charge in [-0.1, -0.05) is 11.6 Å². The number of imide groups is 2. The SMILES string of the molecule is COc1cc([C@H]2C3=CC[C@@H]4C(=O)N(c5cc(C(F)(F)F)cc(C(F)(F)F)c5)C(=O)[C@@H]4[C@@H]3C[C@@]3(Cl)C(=O)N(c4c(F)c(F)c(F)c(F)c4F)C(=O)[C@@]23Cl)cc(OC)c1O. The third kappa shape index (κ3) is 5.49. The minimum atomic E-state index is -5.39. The summed E-state index contributed by atoms with van der Waals surface area (Å²) in [4.78, 5) is 50.6. The van der Waals surface area contributed by atoms with Crippen molar-refractivity contribution < 1.29 is 82.1 Å². The van der Waals surface area contributed by atoms with Crippen molar-refractivity contribution in [3.05, 3.63) is 87.8 Å². The number of halogens is 13. The summed E-state index contributed by atoms with van der Waals surface area (Å²) in [6.45, 7) is 0. The largest absolute Gasteiger partial charge is 0.502 e. The summed E-state index contributed by atoms with van der Waals surface area (Å²) in [6.07, 6.45) is -11.1. The van der Waals surface area contributed by atoms with Gasteiger partial charge in [-0.05, 0) is 54.7 Å². The number of alkyl halides is 8. The molecule has 1 N–H and O–H groups in total. The molecule has 0 unspecified atom stereocenters. The number of rotatable bonds is 5. The molecule has 1 saturated carbocycles. The van der Waals surface area contributed by atoms with Crippen molar-refractivity contribution in [3.63, 3.8) is 0 Å². The molecule has 2 heterocycles. The third-order valence-corrected chi connectivity index (χ3v) is 12.3. The van der Waals surface area contributed by atoms with Gasteiger partial charge in [-0.15, -0.1) is 23.2 Å². The van der Waals surface area contributed by atoms with Crippen LogP contribution in [-0.4, -0.2) is 52.7 Å². The lowest BCUT2D eigenvalue weighted by atomic mass is 9.56. The van der Waals surface area contributed by atoms with E-state index >= 15 is 8.78 Å². The molecule has 3 fully saturated rings. The summed E-state index contributed by atoms with van der Waals surface area (Å²) in [5.41, 5.74) is -7.30. The molecule has 4 amide bonds. The van der Waals surface area contributed by atoms with Crippen LogP contribution in [0.5, 0.6) is 17.2 Å². The van der Waals surface area contributed by atoms with Gasteiger partial charge in [0.15, 0.2) is 44.5 Å². The number of nitrogens with zero attached hydrogens (tertiary/aromatic N) is 2. The fourth-order valence-corrected chi connectivity index (χ4v) is 9.28. The van der Waals surface area contributed by atoms with E-state index in [1.54, 1.807) is 0 Å². The van der Waals surface area contributed by atoms with Gasteiger partial charge in [0.1, 0.15) is 5.69 Å². The van der Waals surface area contributed by atoms with E-state index in [-0.39, 0.29) is 45.7 Å². The molecule has 2 saturated heterocycles. The number of carbonyl (C=O) groups is 4. The van der Waals surface area contributed by atoms with Gasteiger partial charge in [-0.2, -0.15) is 26.3 Å². The predicted molar refractivity (Wildman–Crippen MR) is 177 cm³/mol. The number of allylic oxidation sites excluding steroid dienone is 2. The molecule has 22 heteroatoms. The summed E-state index contributed by atoms with van der Waals surface area (Å²) < 4.78 is 167. The number of phenolic OH excluding ortho intramolecular Hbond substituents is 1. The molecule has 0 spiro atoms. The second kappa shape index (κ2) is 13.2. The van der Waals surface area contributed by atoms with E-state index in [1.807, 2.05) is 0 Å². The highest BCUT2D eigenvalue weighted by atomic mass is 35.5. The number of anilines is 2. The maximum Gasteiger partial charge on any atom is 0.416 e. The van der Waals surface area contributed by atoms with Crippen molar-refractivity contribution in [2.45, 2.75) is 40.9 Å². The number of carbonyl (C=O) groups excluding carboxylic acids is 4. The second-order valence-corrected chi connectivity index (χ2v) is 15.0. The molecule has 0 aromatic heterocycles. The number of benzene rings is 3. The molecule has 3 aromatic rings. The minimum Gasteiger partial charge on any atom is -0.502 e. The Morgan fingerprint density at radius 2 is 1.21 bits per heavy atom. The lowest BCUT2D eigenvalue weighted by Crippen LogP contribution is -2.60. The maximum absolute atomic E-state index is 15.3. The molecule has 0 bridgehead atoms. The number of methoxy groups -OCH3 is 2. The Kier molecular flexibility index (Phi) is 9.35. The average molecular weight is 873 g/mol. The highest BCUT2D eigenvalue weighted by Gasteiger charge is 2.77. The Labute approximate surface area is 327 Å². The van der Waals surface area contributed by atoms with Crippen molar-refractivity contribution in [1.29, 1.82) is 0 Å². The monoisotopic (exact) mass is 872 g/mol. The molecule has 7 rings (SSSR count). The van der Waals surface area contributed by atoms with Gasteiger partial charge < -0.3 is 14.6 Å². The van der Waals surface area contributed by atoms with Crippen molar-refractivity contribution in [2.75, 3.05) is 24.0 Å². The number of hydrogen-bond acceptors (Lipinski definition) is 7. The molecule has 308 valence electrons. The highest BCUT2D eigenvalue weighted by molar-refractivity contribution is 6.58. The summed E-state index contributed by atoms with van der Waals surface area (Å²) in [7, 11) is 2.14. The van der Waals surface area contributed by atoms with E-state index in [9.17, 15) is 63.8 Å². The van der Waals surface area contributed by atoms with Crippen LogP contribution in [0.25, 0.3) is 0 Å². The molecule has 0 radical (unpaired) electrons.